The van der Waals surface area contributed by atoms with Gasteiger partial charge in [0.25, 0.3) is 0 Å². The molecule has 0 nitrogen and oxygen atoms in total. The summed E-state index contributed by atoms with van der Waals surface area (Å²) in [7, 11) is 0. The molecule has 2 heteroatoms. The molecule has 0 aliphatic carbocycles. The van der Waals surface area contributed by atoms with Gasteiger partial charge in [0.2, 0.25) is 0 Å². The summed E-state index contributed by atoms with van der Waals surface area (Å²) in [6.45, 7) is 2.23. The van der Waals surface area contributed by atoms with Crippen LogP contribution in [0.1, 0.15) is 51.9 Å². The van der Waals surface area contributed by atoms with Crippen molar-refractivity contribution in [3.05, 3.63) is 6.42 Å². The average molecular weight is 241 g/mol. The predicted molar refractivity (Wildman–Crippen MR) is 50.9 cm³/mol. The Morgan fingerprint density at radius 3 is 2.00 bits per heavy atom. The van der Waals surface area contributed by atoms with Crippen molar-refractivity contribution >= 4 is 23.1 Å². The first-order valence-electron chi connectivity index (χ1n) is 4.31. The van der Waals surface area contributed by atoms with Gasteiger partial charge in [-0.15, -0.1) is 0 Å². The Hall–Kier alpha value is 0.806. The van der Waals surface area contributed by atoms with E-state index in [1.54, 1.807) is 0 Å². The zero-order valence-corrected chi connectivity index (χ0v) is 11.0. The van der Waals surface area contributed by atoms with Gasteiger partial charge in [0.1, 0.15) is 0 Å². The molecule has 0 fully saturated rings. The zero-order chi connectivity index (χ0) is 7.66. The number of halogens is 1. The number of hydrogen-bond donors (Lipinski definition) is 0. The molecule has 0 saturated heterocycles. The van der Waals surface area contributed by atoms with Crippen molar-refractivity contribution in [1.82, 2.24) is 0 Å². The van der Waals surface area contributed by atoms with Gasteiger partial charge in [-0.25, -0.2) is 0 Å². The van der Waals surface area contributed by atoms with Crippen LogP contribution in [0.5, 0.6) is 0 Å². The quantitative estimate of drug-likeness (QED) is 0.265. The van der Waals surface area contributed by atoms with E-state index in [2.05, 4.69) is 12.8 Å². The van der Waals surface area contributed by atoms with Gasteiger partial charge in [0, 0.05) is 0 Å². The largest absolute Gasteiger partial charge is 2.00 e. The summed E-state index contributed by atoms with van der Waals surface area (Å²) in [6, 6.07) is 0. The van der Waals surface area contributed by atoms with Crippen LogP contribution < -0.4 is 17.0 Å². The Balaban J connectivity index is -0.000000405. The van der Waals surface area contributed by atoms with Gasteiger partial charge in [-0.05, 0) is 12.8 Å². The van der Waals surface area contributed by atoms with Gasteiger partial charge in [-0.2, -0.15) is 0 Å². The topological polar surface area (TPSA) is 0 Å². The Kier molecular flexibility index (Phi) is 27.5. The normalized spacial score (nSPS) is 7.67. The second-order valence-electron chi connectivity index (χ2n) is 2.69. The van der Waals surface area contributed by atoms with Crippen LogP contribution in [0.25, 0.3) is 0 Å². The molecule has 0 aliphatic rings. The fourth-order valence-corrected chi connectivity index (χ4v) is 0.994. The van der Waals surface area contributed by atoms with Gasteiger partial charge in [-0.3, -0.25) is 0 Å². The maximum atomic E-state index is 6.67. The predicted octanol–water partition coefficient (Wildman–Crippen LogP) is -0.0500. The van der Waals surface area contributed by atoms with E-state index in [0.29, 0.717) is 0 Å². The van der Waals surface area contributed by atoms with Crippen LogP contribution in [0.15, 0.2) is 0 Å². The van der Waals surface area contributed by atoms with Crippen molar-refractivity contribution in [2.45, 2.75) is 51.9 Å². The van der Waals surface area contributed by atoms with Gasteiger partial charge in [0.05, 0.1) is 0 Å². The minimum atomic E-state index is 0. The second kappa shape index (κ2) is 17.8. The molecule has 0 aromatic carbocycles. The van der Waals surface area contributed by atoms with E-state index >= 15 is 0 Å². The van der Waals surface area contributed by atoms with Gasteiger partial charge < -0.3 is 29.3 Å². The molecular formula is C10H17BrMg. The fraction of sp³-hybridized carbons (Fsp3) is 0.800. The van der Waals surface area contributed by atoms with Crippen molar-refractivity contribution in [2.24, 2.45) is 0 Å². The van der Waals surface area contributed by atoms with E-state index in [1.807, 2.05) is 0 Å². The molecule has 0 rings (SSSR count). The molecule has 66 valence electrons. The summed E-state index contributed by atoms with van der Waals surface area (Å²) in [5.41, 5.74) is 0. The molecular weight excluding hydrogens is 224 g/mol. The first-order valence-corrected chi connectivity index (χ1v) is 4.31. The Morgan fingerprint density at radius 1 is 1.00 bits per heavy atom. The molecule has 12 heavy (non-hydrogen) atoms. The second-order valence-corrected chi connectivity index (χ2v) is 2.69. The number of hydrogen-bond acceptors (Lipinski definition) is 0. The Bertz CT molecular complexity index is 96.5. The maximum Gasteiger partial charge on any atom is 2.00 e. The van der Waals surface area contributed by atoms with Crippen LogP contribution in [0.3, 0.4) is 0 Å². The first-order chi connectivity index (χ1) is 4.91. The third kappa shape index (κ3) is 17.1. The van der Waals surface area contributed by atoms with Crippen molar-refractivity contribution < 1.29 is 17.0 Å². The molecule has 0 heterocycles. The molecule has 0 unspecified atom stereocenters. The van der Waals surface area contributed by atoms with Gasteiger partial charge in [0.15, 0.2) is 0 Å². The van der Waals surface area contributed by atoms with Crippen LogP contribution in [-0.4, -0.2) is 23.1 Å². The van der Waals surface area contributed by atoms with Crippen LogP contribution in [-0.2, 0) is 0 Å². The van der Waals surface area contributed by atoms with Crippen molar-refractivity contribution in [2.75, 3.05) is 0 Å². The molecule has 0 bridgehead atoms. The molecule has 0 aromatic heterocycles. The molecule has 0 saturated carbocycles. The van der Waals surface area contributed by atoms with Crippen molar-refractivity contribution in [3.8, 4) is 5.92 Å². The summed E-state index contributed by atoms with van der Waals surface area (Å²) in [6.07, 6.45) is 15.4. The molecule has 0 aliphatic heterocycles. The molecule has 0 radical (unpaired) electrons. The summed E-state index contributed by atoms with van der Waals surface area (Å²) >= 11 is 0. The first kappa shape index (κ1) is 18.6. The smallest absolute Gasteiger partial charge is 1.00 e. The Morgan fingerprint density at radius 2 is 1.50 bits per heavy atom. The minimum absolute atomic E-state index is 0. The minimum Gasteiger partial charge on any atom is -1.00 e. The van der Waals surface area contributed by atoms with E-state index in [9.17, 15) is 0 Å². The SMILES string of the molecule is [Br-].[C-]#CCCCCCCCC.[Mg+2]. The van der Waals surface area contributed by atoms with Crippen LogP contribution >= 0.6 is 0 Å². The van der Waals surface area contributed by atoms with Gasteiger partial charge >= 0.3 is 23.1 Å². The van der Waals surface area contributed by atoms with Crippen LogP contribution in [0.2, 0.25) is 0 Å². The number of unbranched alkanes of at least 4 members (excludes halogenated alkanes) is 6. The van der Waals surface area contributed by atoms with Crippen LogP contribution in [0.4, 0.5) is 0 Å². The fourth-order valence-electron chi connectivity index (χ4n) is 0.994. The van der Waals surface area contributed by atoms with Crippen molar-refractivity contribution in [1.29, 1.82) is 0 Å². The number of rotatable bonds is 6. The van der Waals surface area contributed by atoms with E-state index in [-0.39, 0.29) is 40.0 Å². The van der Waals surface area contributed by atoms with Crippen LogP contribution in [0, 0.1) is 12.3 Å². The monoisotopic (exact) mass is 240 g/mol. The summed E-state index contributed by atoms with van der Waals surface area (Å²) in [5, 5.41) is 0. The Labute approximate surface area is 104 Å². The molecule has 0 atom stereocenters. The zero-order valence-electron chi connectivity index (χ0n) is 8.03. The molecule has 0 N–H and O–H groups in total. The van der Waals surface area contributed by atoms with E-state index in [4.69, 9.17) is 6.42 Å². The van der Waals surface area contributed by atoms with Crippen molar-refractivity contribution in [3.63, 3.8) is 0 Å². The summed E-state index contributed by atoms with van der Waals surface area (Å²) in [5.74, 6) is 2.41. The average Bonchev–Trinajstić information content (AvgIpc) is 1.97. The molecule has 0 spiro atoms. The standard InChI is InChI=1S/C10H17.BrH.Mg/c1-3-5-7-9-10-8-6-4-2;;/h3,5-10H2,1H3;1H;/q-1;;+2/p-1. The summed E-state index contributed by atoms with van der Waals surface area (Å²) < 4.78 is 0. The maximum absolute atomic E-state index is 6.67. The van der Waals surface area contributed by atoms with E-state index < -0.39 is 0 Å². The van der Waals surface area contributed by atoms with Gasteiger partial charge in [-0.1, -0.05) is 39.0 Å². The summed E-state index contributed by atoms with van der Waals surface area (Å²) in [4.78, 5) is 0. The molecule has 0 aromatic rings. The molecule has 0 amide bonds. The van der Waals surface area contributed by atoms with E-state index in [0.717, 1.165) is 12.8 Å². The third-order valence-corrected chi connectivity index (χ3v) is 1.66. The van der Waals surface area contributed by atoms with E-state index in [1.165, 1.54) is 32.1 Å². The third-order valence-electron chi connectivity index (χ3n) is 1.66.